The van der Waals surface area contributed by atoms with Gasteiger partial charge in [-0.05, 0) is 25.0 Å². The van der Waals surface area contributed by atoms with Crippen molar-refractivity contribution < 1.29 is 9.13 Å². The highest BCUT2D eigenvalue weighted by atomic mass is 15.3. The first-order valence-corrected chi connectivity index (χ1v) is 8.91. The lowest BCUT2D eigenvalue weighted by molar-refractivity contribution is -0.697. The van der Waals surface area contributed by atoms with Gasteiger partial charge in [-0.3, -0.25) is 0 Å². The normalized spacial score (nSPS) is 11.1. The van der Waals surface area contributed by atoms with Gasteiger partial charge in [0.1, 0.15) is 23.8 Å². The molecule has 0 atom stereocenters. The molecule has 3 aromatic rings. The first-order valence-electron chi connectivity index (χ1n) is 8.91. The van der Waals surface area contributed by atoms with E-state index in [2.05, 4.69) is 82.0 Å². The number of nitrogens with zero attached hydrogens (tertiary/aromatic N) is 5. The average Bonchev–Trinajstić information content (AvgIpc) is 3.28. The second-order valence-electron chi connectivity index (χ2n) is 6.21. The Labute approximate surface area is 143 Å². The molecule has 24 heavy (non-hydrogen) atoms. The van der Waals surface area contributed by atoms with Crippen LogP contribution in [0.2, 0.25) is 0 Å². The Hall–Kier alpha value is -2.43. The van der Waals surface area contributed by atoms with Crippen LogP contribution in [-0.2, 0) is 13.1 Å². The van der Waals surface area contributed by atoms with Gasteiger partial charge in [-0.15, -0.1) is 0 Å². The van der Waals surface area contributed by atoms with Gasteiger partial charge in [0.2, 0.25) is 12.7 Å². The third kappa shape index (κ3) is 3.91. The number of unbranched alkanes of at least 4 members (excludes halogenated alkanes) is 2. The molecular weight excluding hydrogens is 298 g/mol. The van der Waals surface area contributed by atoms with E-state index in [0.717, 1.165) is 24.5 Å². The monoisotopic (exact) mass is 325 g/mol. The van der Waals surface area contributed by atoms with Crippen molar-refractivity contribution in [3.05, 3.63) is 55.6 Å². The van der Waals surface area contributed by atoms with E-state index in [9.17, 15) is 0 Å². The lowest BCUT2D eigenvalue weighted by atomic mass is 10.3. The smallest absolute Gasteiger partial charge is 0.237 e. The maximum Gasteiger partial charge on any atom is 0.265 e. The van der Waals surface area contributed by atoms with Gasteiger partial charge in [0.25, 0.3) is 6.33 Å². The van der Waals surface area contributed by atoms with E-state index in [0.29, 0.717) is 0 Å². The standard InChI is InChI=1S/C19H27N5/c1-3-5-10-21-12-13-23(16-21)18-8-7-9-19(14-18)24-17-22(15-20-24)11-6-4-2/h7-9,12-17H,3-6,10-11H2,1-2H3/q+2. The van der Waals surface area contributed by atoms with Gasteiger partial charge in [-0.25, -0.2) is 13.7 Å². The number of aryl methyl sites for hydroxylation is 2. The molecule has 0 aliphatic heterocycles. The van der Waals surface area contributed by atoms with Crippen LogP contribution in [0.15, 0.2) is 55.6 Å². The Morgan fingerprint density at radius 2 is 1.71 bits per heavy atom. The molecule has 5 heteroatoms. The highest BCUT2D eigenvalue weighted by Crippen LogP contribution is 2.12. The predicted molar refractivity (Wildman–Crippen MR) is 93.1 cm³/mol. The maximum absolute atomic E-state index is 4.49. The maximum atomic E-state index is 4.49. The third-order valence-electron chi connectivity index (χ3n) is 4.21. The van der Waals surface area contributed by atoms with E-state index in [1.54, 1.807) is 0 Å². The number of rotatable bonds is 8. The zero-order chi connectivity index (χ0) is 16.8. The molecular formula is C19H27N5+2. The zero-order valence-corrected chi connectivity index (χ0v) is 14.7. The minimum absolute atomic E-state index is 1.02. The van der Waals surface area contributed by atoms with Crippen LogP contribution in [0.3, 0.4) is 0 Å². The largest absolute Gasteiger partial charge is 0.265 e. The summed E-state index contributed by atoms with van der Waals surface area (Å²) >= 11 is 0. The van der Waals surface area contributed by atoms with E-state index in [1.165, 1.54) is 25.7 Å². The van der Waals surface area contributed by atoms with Gasteiger partial charge in [-0.1, -0.05) is 37.4 Å². The molecule has 0 aliphatic rings. The summed E-state index contributed by atoms with van der Waals surface area (Å²) in [6.45, 7) is 6.52. The van der Waals surface area contributed by atoms with Crippen molar-refractivity contribution in [2.24, 2.45) is 0 Å². The van der Waals surface area contributed by atoms with Crippen molar-refractivity contribution in [1.82, 2.24) is 14.3 Å². The van der Waals surface area contributed by atoms with Crippen molar-refractivity contribution in [1.29, 1.82) is 0 Å². The minimum Gasteiger partial charge on any atom is -0.237 e. The fraction of sp³-hybridized carbons (Fsp3) is 0.421. The number of benzene rings is 1. The summed E-state index contributed by atoms with van der Waals surface area (Å²) in [6, 6.07) is 8.47. The number of imidazole rings is 1. The molecule has 126 valence electrons. The first kappa shape index (κ1) is 16.4. The Balaban J connectivity index is 1.78. The van der Waals surface area contributed by atoms with Crippen molar-refractivity contribution in [2.45, 2.75) is 52.6 Å². The SMILES string of the molecule is CCCC[n+]1ccn(-c2cccc(-n3c[n+](CCCC)cn3)c2)c1. The Morgan fingerprint density at radius 3 is 2.50 bits per heavy atom. The van der Waals surface area contributed by atoms with E-state index in [4.69, 9.17) is 0 Å². The lowest BCUT2D eigenvalue weighted by Gasteiger charge is -1.98. The number of hydrogen-bond acceptors (Lipinski definition) is 1. The predicted octanol–water partition coefficient (Wildman–Crippen LogP) is 2.84. The zero-order valence-electron chi connectivity index (χ0n) is 14.7. The summed E-state index contributed by atoms with van der Waals surface area (Å²) < 4.78 is 8.48. The number of aromatic nitrogens is 5. The number of hydrogen-bond donors (Lipinski definition) is 0. The van der Waals surface area contributed by atoms with Crippen LogP contribution < -0.4 is 9.13 Å². The van der Waals surface area contributed by atoms with E-state index < -0.39 is 0 Å². The molecule has 2 heterocycles. The molecule has 5 nitrogen and oxygen atoms in total. The second kappa shape index (κ2) is 7.90. The summed E-state index contributed by atoms with van der Waals surface area (Å²) in [5.41, 5.74) is 2.23. The Kier molecular flexibility index (Phi) is 5.41. The summed E-state index contributed by atoms with van der Waals surface area (Å²) in [6.07, 6.45) is 15.2. The van der Waals surface area contributed by atoms with Crippen molar-refractivity contribution in [2.75, 3.05) is 0 Å². The van der Waals surface area contributed by atoms with E-state index in [1.807, 2.05) is 11.0 Å². The Morgan fingerprint density at radius 1 is 0.958 bits per heavy atom. The molecule has 3 rings (SSSR count). The van der Waals surface area contributed by atoms with Gasteiger partial charge in [0.15, 0.2) is 0 Å². The molecule has 0 bridgehead atoms. The van der Waals surface area contributed by atoms with Gasteiger partial charge in [-0.2, -0.15) is 0 Å². The molecule has 0 N–H and O–H groups in total. The van der Waals surface area contributed by atoms with Crippen LogP contribution in [0.4, 0.5) is 0 Å². The van der Waals surface area contributed by atoms with Gasteiger partial charge in [0.05, 0.1) is 13.1 Å². The molecule has 0 saturated carbocycles. The molecule has 0 radical (unpaired) electrons. The van der Waals surface area contributed by atoms with E-state index in [-0.39, 0.29) is 0 Å². The van der Waals surface area contributed by atoms with Crippen LogP contribution in [0.1, 0.15) is 39.5 Å². The van der Waals surface area contributed by atoms with Crippen LogP contribution in [0, 0.1) is 0 Å². The fourth-order valence-electron chi connectivity index (χ4n) is 2.73. The van der Waals surface area contributed by atoms with Crippen molar-refractivity contribution >= 4 is 0 Å². The minimum atomic E-state index is 1.02. The lowest BCUT2D eigenvalue weighted by Crippen LogP contribution is -2.30. The van der Waals surface area contributed by atoms with Crippen molar-refractivity contribution in [3.8, 4) is 11.4 Å². The first-order chi connectivity index (χ1) is 11.8. The Bertz CT molecular complexity index is 710. The topological polar surface area (TPSA) is 30.5 Å². The summed E-state index contributed by atoms with van der Waals surface area (Å²) in [5.74, 6) is 0. The van der Waals surface area contributed by atoms with Crippen LogP contribution in [0.5, 0.6) is 0 Å². The quantitative estimate of drug-likeness (QED) is 0.586. The molecule has 0 spiro atoms. The highest BCUT2D eigenvalue weighted by Gasteiger charge is 2.12. The van der Waals surface area contributed by atoms with Crippen LogP contribution in [-0.4, -0.2) is 14.3 Å². The fourth-order valence-corrected chi connectivity index (χ4v) is 2.73. The molecule has 2 aromatic heterocycles. The molecule has 0 fully saturated rings. The molecule has 1 aromatic carbocycles. The molecule has 0 unspecified atom stereocenters. The van der Waals surface area contributed by atoms with Gasteiger partial charge >= 0.3 is 0 Å². The highest BCUT2D eigenvalue weighted by molar-refractivity contribution is 5.42. The van der Waals surface area contributed by atoms with Gasteiger partial charge in [0, 0.05) is 11.2 Å². The van der Waals surface area contributed by atoms with Crippen LogP contribution in [0.25, 0.3) is 11.4 Å². The summed E-state index contributed by atoms with van der Waals surface area (Å²) in [7, 11) is 0. The summed E-state index contributed by atoms with van der Waals surface area (Å²) in [5, 5.41) is 4.49. The third-order valence-corrected chi connectivity index (χ3v) is 4.21. The van der Waals surface area contributed by atoms with Crippen molar-refractivity contribution in [3.63, 3.8) is 0 Å². The average molecular weight is 325 g/mol. The second-order valence-corrected chi connectivity index (χ2v) is 6.21. The van der Waals surface area contributed by atoms with E-state index >= 15 is 0 Å². The van der Waals surface area contributed by atoms with Gasteiger partial charge < -0.3 is 0 Å². The van der Waals surface area contributed by atoms with Crippen LogP contribution >= 0.6 is 0 Å². The molecule has 0 amide bonds. The summed E-state index contributed by atoms with van der Waals surface area (Å²) in [4.78, 5) is 0. The molecule has 0 saturated heterocycles. The molecule has 0 aliphatic carbocycles.